The fourth-order valence-corrected chi connectivity index (χ4v) is 5.92. The maximum Gasteiger partial charge on any atom is 0.416 e. The molecule has 3 amide bonds. The molecule has 0 spiro atoms. The third-order valence-electron chi connectivity index (χ3n) is 7.63. The molecule has 212 valence electrons. The van der Waals surface area contributed by atoms with Gasteiger partial charge in [0.05, 0.1) is 17.5 Å². The van der Waals surface area contributed by atoms with Gasteiger partial charge < -0.3 is 20.9 Å². The molecule has 3 aliphatic heterocycles. The second kappa shape index (κ2) is 9.81. The molecule has 0 bridgehead atoms. The number of hydrogen-bond donors (Lipinski definition) is 3. The van der Waals surface area contributed by atoms with Gasteiger partial charge in [0.25, 0.3) is 11.8 Å². The summed E-state index contributed by atoms with van der Waals surface area (Å²) in [6, 6.07) is 6.82. The van der Waals surface area contributed by atoms with Gasteiger partial charge in [0.1, 0.15) is 11.6 Å². The smallest absolute Gasteiger partial charge is 0.341 e. The Labute approximate surface area is 234 Å². The van der Waals surface area contributed by atoms with Crippen molar-refractivity contribution in [2.75, 3.05) is 29.9 Å². The average molecular weight is 591 g/mol. The van der Waals surface area contributed by atoms with Gasteiger partial charge in [-0.15, -0.1) is 0 Å². The minimum Gasteiger partial charge on any atom is -0.341 e. The van der Waals surface area contributed by atoms with Crippen LogP contribution in [0.4, 0.5) is 33.3 Å². The first-order valence-corrected chi connectivity index (χ1v) is 12.9. The van der Waals surface area contributed by atoms with Gasteiger partial charge in [0, 0.05) is 64.2 Å². The zero-order valence-electron chi connectivity index (χ0n) is 20.9. The minimum atomic E-state index is -4.91. The summed E-state index contributed by atoms with van der Waals surface area (Å²) in [5.74, 6) is -4.01. The maximum absolute atomic E-state index is 14.2. The van der Waals surface area contributed by atoms with Gasteiger partial charge in [-0.1, -0.05) is 11.6 Å². The van der Waals surface area contributed by atoms with E-state index >= 15 is 0 Å². The molecule has 3 N–H and O–H groups in total. The first kappa shape index (κ1) is 27.2. The van der Waals surface area contributed by atoms with Crippen LogP contribution in [-0.4, -0.2) is 37.4 Å². The van der Waals surface area contributed by atoms with Gasteiger partial charge >= 0.3 is 6.18 Å². The molecule has 13 heteroatoms. The van der Waals surface area contributed by atoms with Crippen molar-refractivity contribution in [3.8, 4) is 0 Å². The summed E-state index contributed by atoms with van der Waals surface area (Å²) >= 11 is 6.32. The molecule has 2 saturated heterocycles. The van der Waals surface area contributed by atoms with Crippen LogP contribution in [0.3, 0.4) is 0 Å². The summed E-state index contributed by atoms with van der Waals surface area (Å²) < 4.78 is 68.2. The predicted octanol–water partition coefficient (Wildman–Crippen LogP) is 4.90. The van der Waals surface area contributed by atoms with Gasteiger partial charge in [-0.05, 0) is 48.5 Å². The zero-order chi connectivity index (χ0) is 29.2. The van der Waals surface area contributed by atoms with Crippen molar-refractivity contribution in [2.24, 2.45) is 11.8 Å². The van der Waals surface area contributed by atoms with E-state index in [1.165, 1.54) is 23.1 Å². The van der Waals surface area contributed by atoms with Crippen LogP contribution in [-0.2, 0) is 11.0 Å². The highest BCUT2D eigenvalue weighted by molar-refractivity contribution is 6.31. The van der Waals surface area contributed by atoms with Gasteiger partial charge in [-0.25, -0.2) is 8.78 Å². The summed E-state index contributed by atoms with van der Waals surface area (Å²) in [6.07, 6.45) is -4.91. The van der Waals surface area contributed by atoms with E-state index in [-0.39, 0.29) is 56.9 Å². The molecular weight excluding hydrogens is 571 g/mol. The molecule has 3 heterocycles. The number of rotatable bonds is 4. The Hall–Kier alpha value is -4.03. The Balaban J connectivity index is 1.46. The zero-order valence-corrected chi connectivity index (χ0v) is 21.7. The number of halogens is 6. The summed E-state index contributed by atoms with van der Waals surface area (Å²) in [7, 11) is 0. The van der Waals surface area contributed by atoms with Crippen molar-refractivity contribution in [1.82, 2.24) is 10.6 Å². The van der Waals surface area contributed by atoms with E-state index in [9.17, 15) is 36.3 Å². The van der Waals surface area contributed by atoms with Crippen LogP contribution in [0.1, 0.15) is 43.4 Å². The van der Waals surface area contributed by atoms with E-state index < -0.39 is 46.8 Å². The lowest BCUT2D eigenvalue weighted by atomic mass is 9.95. The molecule has 2 fully saturated rings. The standard InChI is InChI=1S/C28H20ClF5N4O3/c29-21-2-1-15(30)6-18(21)24-23-19(26(40)37-24)7-17(38-11-13-9-35-10-20(13)27(38)41)8-22(23)36-25(39)12-3-14(28(32,33)34)5-16(31)4-12/h1-8,13,20,24,35H,9-11H2,(H,36,39)(H,37,40). The Morgan fingerprint density at radius 1 is 1.00 bits per heavy atom. The Kier molecular flexibility index (Phi) is 6.50. The van der Waals surface area contributed by atoms with Crippen molar-refractivity contribution in [1.29, 1.82) is 0 Å². The topological polar surface area (TPSA) is 90.5 Å². The fraction of sp³-hybridized carbons (Fsp3) is 0.250. The number of nitrogens with zero attached hydrogens (tertiary/aromatic N) is 1. The molecule has 0 aromatic heterocycles. The fourth-order valence-electron chi connectivity index (χ4n) is 5.70. The third kappa shape index (κ3) is 4.80. The minimum absolute atomic E-state index is 0.0352. The second-order valence-corrected chi connectivity index (χ2v) is 10.6. The molecule has 6 rings (SSSR count). The lowest BCUT2D eigenvalue weighted by Crippen LogP contribution is -2.31. The largest absolute Gasteiger partial charge is 0.416 e. The van der Waals surface area contributed by atoms with Crippen LogP contribution in [0, 0.1) is 23.5 Å². The van der Waals surface area contributed by atoms with Gasteiger partial charge in [-0.3, -0.25) is 14.4 Å². The molecule has 3 aliphatic rings. The van der Waals surface area contributed by atoms with Gasteiger partial charge in [-0.2, -0.15) is 13.2 Å². The van der Waals surface area contributed by atoms with E-state index in [2.05, 4.69) is 16.0 Å². The predicted molar refractivity (Wildman–Crippen MR) is 139 cm³/mol. The highest BCUT2D eigenvalue weighted by Crippen LogP contribution is 2.43. The van der Waals surface area contributed by atoms with E-state index in [1.807, 2.05) is 0 Å². The van der Waals surface area contributed by atoms with Crippen LogP contribution < -0.4 is 20.9 Å². The number of fused-ring (bicyclic) bond motifs is 2. The second-order valence-electron chi connectivity index (χ2n) is 10.2. The Morgan fingerprint density at radius 3 is 2.51 bits per heavy atom. The van der Waals surface area contributed by atoms with Crippen molar-refractivity contribution >= 4 is 40.7 Å². The Bertz CT molecular complexity index is 1630. The van der Waals surface area contributed by atoms with Crippen molar-refractivity contribution < 1.29 is 36.3 Å². The number of hydrogen-bond acceptors (Lipinski definition) is 4. The average Bonchev–Trinajstić information content (AvgIpc) is 3.59. The highest BCUT2D eigenvalue weighted by atomic mass is 35.5. The molecule has 3 unspecified atom stereocenters. The van der Waals surface area contributed by atoms with Crippen LogP contribution in [0.2, 0.25) is 5.02 Å². The third-order valence-corrected chi connectivity index (χ3v) is 7.97. The molecule has 7 nitrogen and oxygen atoms in total. The molecule has 0 radical (unpaired) electrons. The molecular formula is C28H20ClF5N4O3. The van der Waals surface area contributed by atoms with Crippen molar-refractivity contribution in [3.63, 3.8) is 0 Å². The molecule has 0 aliphatic carbocycles. The van der Waals surface area contributed by atoms with Crippen LogP contribution in [0.15, 0.2) is 48.5 Å². The lowest BCUT2D eigenvalue weighted by Gasteiger charge is -2.22. The molecule has 3 aromatic carbocycles. The van der Waals surface area contributed by atoms with E-state index in [0.29, 0.717) is 31.8 Å². The van der Waals surface area contributed by atoms with E-state index in [4.69, 9.17) is 11.6 Å². The Morgan fingerprint density at radius 2 is 1.78 bits per heavy atom. The van der Waals surface area contributed by atoms with Crippen LogP contribution in [0.5, 0.6) is 0 Å². The molecule has 41 heavy (non-hydrogen) atoms. The molecule has 0 saturated carbocycles. The molecule has 3 atom stereocenters. The SMILES string of the molecule is O=C(Nc1cc(N2CC3CNCC3C2=O)cc2c1C(c1cc(F)ccc1Cl)NC2=O)c1cc(F)cc(C(F)(F)F)c1. The summed E-state index contributed by atoms with van der Waals surface area (Å²) in [5, 5.41) is 8.47. The first-order valence-electron chi connectivity index (χ1n) is 12.6. The molecule has 3 aromatic rings. The maximum atomic E-state index is 14.2. The van der Waals surface area contributed by atoms with Crippen molar-refractivity contribution in [3.05, 3.63) is 93.0 Å². The highest BCUT2D eigenvalue weighted by Gasteiger charge is 2.45. The number of amides is 3. The monoisotopic (exact) mass is 590 g/mol. The normalized spacial score (nSPS) is 21.6. The number of carbonyl (C=O) groups excluding carboxylic acids is 3. The van der Waals surface area contributed by atoms with Crippen LogP contribution >= 0.6 is 11.6 Å². The summed E-state index contributed by atoms with van der Waals surface area (Å²) in [6.45, 7) is 1.47. The van der Waals surface area contributed by atoms with Crippen LogP contribution in [0.25, 0.3) is 0 Å². The number of anilines is 2. The number of carbonyl (C=O) groups is 3. The quantitative estimate of drug-likeness (QED) is 0.377. The number of alkyl halides is 3. The van der Waals surface area contributed by atoms with Crippen molar-refractivity contribution in [2.45, 2.75) is 12.2 Å². The van der Waals surface area contributed by atoms with Gasteiger partial charge in [0.15, 0.2) is 0 Å². The van der Waals surface area contributed by atoms with Gasteiger partial charge in [0.2, 0.25) is 5.91 Å². The van der Waals surface area contributed by atoms with E-state index in [1.54, 1.807) is 0 Å². The van der Waals surface area contributed by atoms with E-state index in [0.717, 1.165) is 12.1 Å². The first-order chi connectivity index (χ1) is 19.4. The lowest BCUT2D eigenvalue weighted by molar-refractivity contribution is -0.137. The summed E-state index contributed by atoms with van der Waals surface area (Å²) in [5.41, 5.74) is -1.33. The summed E-state index contributed by atoms with van der Waals surface area (Å²) in [4.78, 5) is 41.0. The number of nitrogens with one attached hydrogen (secondary N) is 3. The number of benzene rings is 3.